The molecule has 1 aromatic carbocycles. The van der Waals surface area contributed by atoms with Crippen LogP contribution in [0.4, 0.5) is 5.69 Å². The summed E-state index contributed by atoms with van der Waals surface area (Å²) in [5.74, 6) is -0.562. The number of pyridine rings is 1. The molecule has 12 heteroatoms. The Bertz CT molecular complexity index is 1750. The molecular weight excluding hydrogens is 548 g/mol. The molecule has 1 unspecified atom stereocenters. The third kappa shape index (κ3) is 5.36. The normalized spacial score (nSPS) is 21.6. The average molecular weight is 579 g/mol. The summed E-state index contributed by atoms with van der Waals surface area (Å²) in [6, 6.07) is 6.32. The zero-order valence-corrected chi connectivity index (χ0v) is 23.3. The van der Waals surface area contributed by atoms with Crippen LogP contribution >= 0.6 is 0 Å². The highest BCUT2D eigenvalue weighted by Gasteiger charge is 2.35. The number of fused-ring (bicyclic) bond motifs is 1. The predicted octanol–water partition coefficient (Wildman–Crippen LogP) is 3.18. The van der Waals surface area contributed by atoms with Gasteiger partial charge in [-0.25, -0.2) is 0 Å². The van der Waals surface area contributed by atoms with Crippen molar-refractivity contribution in [3.8, 4) is 11.3 Å². The van der Waals surface area contributed by atoms with E-state index >= 15 is 0 Å². The van der Waals surface area contributed by atoms with Crippen molar-refractivity contribution in [2.45, 2.75) is 56.5 Å². The minimum absolute atomic E-state index is 0.150. The fourth-order valence-corrected chi connectivity index (χ4v) is 5.91. The zero-order valence-electron chi connectivity index (χ0n) is 23.3. The molecule has 2 aliphatic carbocycles. The van der Waals surface area contributed by atoms with Crippen LogP contribution in [0.2, 0.25) is 0 Å². The molecule has 1 aliphatic heterocycles. The number of anilines is 1. The van der Waals surface area contributed by atoms with Crippen molar-refractivity contribution in [1.29, 1.82) is 0 Å². The molecule has 1 saturated heterocycles. The van der Waals surface area contributed by atoms with Gasteiger partial charge in [0.15, 0.2) is 6.29 Å². The zero-order chi connectivity index (χ0) is 29.5. The quantitative estimate of drug-likeness (QED) is 0.200. The number of nitrogens with zero attached hydrogens (tertiary/aromatic N) is 5. The first-order valence-electron chi connectivity index (χ1n) is 14.6. The minimum atomic E-state index is -0.819. The molecule has 3 amide bonds. The van der Waals surface area contributed by atoms with Crippen LogP contribution in [0.25, 0.3) is 22.3 Å². The number of amides is 3. The second kappa shape index (κ2) is 11.0. The van der Waals surface area contributed by atoms with E-state index < -0.39 is 17.9 Å². The highest BCUT2D eigenvalue weighted by Crippen LogP contribution is 2.46. The van der Waals surface area contributed by atoms with Crippen LogP contribution in [0.3, 0.4) is 0 Å². The molecule has 1 atom stereocenters. The Hall–Kier alpha value is -5.00. The molecular formula is C31H30N8O4. The number of benzene rings is 1. The van der Waals surface area contributed by atoms with E-state index in [9.17, 15) is 19.2 Å². The van der Waals surface area contributed by atoms with Crippen molar-refractivity contribution in [3.63, 3.8) is 0 Å². The number of piperidine rings is 1. The van der Waals surface area contributed by atoms with Gasteiger partial charge in [0.1, 0.15) is 17.3 Å². The first kappa shape index (κ1) is 26.9. The van der Waals surface area contributed by atoms with E-state index in [0.717, 1.165) is 53.7 Å². The molecule has 2 saturated carbocycles. The van der Waals surface area contributed by atoms with Gasteiger partial charge in [0.2, 0.25) is 11.8 Å². The van der Waals surface area contributed by atoms with E-state index in [2.05, 4.69) is 41.8 Å². The minimum Gasteiger partial charge on any atom is -0.385 e. The van der Waals surface area contributed by atoms with Crippen LogP contribution in [0.15, 0.2) is 49.1 Å². The monoisotopic (exact) mass is 578 g/mol. The number of rotatable bonds is 9. The molecule has 43 heavy (non-hydrogen) atoms. The van der Waals surface area contributed by atoms with Gasteiger partial charge >= 0.3 is 0 Å². The van der Waals surface area contributed by atoms with Crippen molar-refractivity contribution in [2.24, 2.45) is 5.92 Å². The van der Waals surface area contributed by atoms with Gasteiger partial charge < -0.3 is 10.6 Å². The lowest BCUT2D eigenvalue weighted by molar-refractivity contribution is -0.134. The molecule has 3 aromatic heterocycles. The summed E-state index contributed by atoms with van der Waals surface area (Å²) in [6.07, 6.45) is 12.4. The van der Waals surface area contributed by atoms with E-state index in [1.54, 1.807) is 36.8 Å². The standard InChI is InChI=1S/C31H30N8O4/c40-16-19-3-4-20(13-22(19)30(42)36-25-5-6-26(41)37-31(25)43)35-14-17-11-21(12-17)39-15-23(27(38-39)18-1-2-18)28-29-24(7-8-33-28)32-9-10-34-29/h3-4,7-10,13,15-18,21,25,35H,1-2,5-6,11-12,14H2,(H,36,42)(H,37,41,43)/t17-,21-,25?. The second-order valence-electron chi connectivity index (χ2n) is 11.5. The van der Waals surface area contributed by atoms with Gasteiger partial charge in [-0.2, -0.15) is 5.10 Å². The number of aromatic nitrogens is 5. The third-order valence-electron chi connectivity index (χ3n) is 8.52. The lowest BCUT2D eigenvalue weighted by Crippen LogP contribution is -2.52. The van der Waals surface area contributed by atoms with Crippen molar-refractivity contribution in [3.05, 3.63) is 65.9 Å². The van der Waals surface area contributed by atoms with E-state index in [0.29, 0.717) is 30.4 Å². The van der Waals surface area contributed by atoms with Crippen LogP contribution in [-0.2, 0) is 9.59 Å². The van der Waals surface area contributed by atoms with Gasteiger partial charge in [-0.15, -0.1) is 0 Å². The van der Waals surface area contributed by atoms with Crippen LogP contribution < -0.4 is 16.0 Å². The van der Waals surface area contributed by atoms with Gasteiger partial charge in [0, 0.05) is 60.5 Å². The van der Waals surface area contributed by atoms with Crippen LogP contribution in [0.1, 0.15) is 76.9 Å². The summed E-state index contributed by atoms with van der Waals surface area (Å²) in [5.41, 5.74) is 5.67. The maximum Gasteiger partial charge on any atom is 0.252 e. The summed E-state index contributed by atoms with van der Waals surface area (Å²) in [6.45, 7) is 0.704. The molecule has 3 fully saturated rings. The molecule has 4 aromatic rings. The van der Waals surface area contributed by atoms with Crippen LogP contribution in [0.5, 0.6) is 0 Å². The Balaban J connectivity index is 1.00. The topological polar surface area (TPSA) is 161 Å². The largest absolute Gasteiger partial charge is 0.385 e. The maximum absolute atomic E-state index is 12.9. The van der Waals surface area contributed by atoms with Crippen molar-refractivity contribution in [2.75, 3.05) is 11.9 Å². The SMILES string of the molecule is O=Cc1ccc(NC[C@H]2C[C@H](n3cc(-c4nccc5nccnc45)c(C4CC4)n3)C2)cc1C(=O)NC1CCC(=O)NC1=O. The van der Waals surface area contributed by atoms with Crippen LogP contribution in [0, 0.1) is 5.92 Å². The van der Waals surface area contributed by atoms with Gasteiger partial charge in [-0.3, -0.25) is 44.1 Å². The second-order valence-corrected chi connectivity index (χ2v) is 11.5. The van der Waals surface area contributed by atoms with E-state index in [-0.39, 0.29) is 35.9 Å². The molecule has 4 heterocycles. The molecule has 0 spiro atoms. The number of imide groups is 1. The lowest BCUT2D eigenvalue weighted by Gasteiger charge is -2.35. The first-order chi connectivity index (χ1) is 21.0. The van der Waals surface area contributed by atoms with Crippen molar-refractivity contribution in [1.82, 2.24) is 35.4 Å². The highest BCUT2D eigenvalue weighted by molar-refractivity contribution is 6.06. The number of nitrogens with one attached hydrogen (secondary N) is 3. The summed E-state index contributed by atoms with van der Waals surface area (Å²) in [5, 5.41) is 13.3. The molecule has 3 N–H and O–H groups in total. The van der Waals surface area contributed by atoms with Gasteiger partial charge in [0.05, 0.1) is 22.8 Å². The van der Waals surface area contributed by atoms with E-state index in [1.807, 2.05) is 6.07 Å². The van der Waals surface area contributed by atoms with Gasteiger partial charge in [0.25, 0.3) is 5.91 Å². The molecule has 7 rings (SSSR count). The smallest absolute Gasteiger partial charge is 0.252 e. The Morgan fingerprint density at radius 1 is 1.05 bits per heavy atom. The third-order valence-corrected chi connectivity index (χ3v) is 8.52. The Labute approximate surface area is 246 Å². The number of hydrogen-bond donors (Lipinski definition) is 3. The Morgan fingerprint density at radius 3 is 2.67 bits per heavy atom. The fourth-order valence-electron chi connectivity index (χ4n) is 5.91. The summed E-state index contributed by atoms with van der Waals surface area (Å²) < 4.78 is 2.09. The first-order valence-corrected chi connectivity index (χ1v) is 14.6. The number of hydrogen-bond acceptors (Lipinski definition) is 9. The number of carbonyl (C=O) groups excluding carboxylic acids is 4. The fraction of sp³-hybridized carbons (Fsp3) is 0.355. The summed E-state index contributed by atoms with van der Waals surface area (Å²) in [7, 11) is 0. The van der Waals surface area contributed by atoms with Crippen LogP contribution in [-0.4, -0.2) is 61.3 Å². The molecule has 0 bridgehead atoms. The molecule has 218 valence electrons. The Morgan fingerprint density at radius 2 is 1.88 bits per heavy atom. The summed E-state index contributed by atoms with van der Waals surface area (Å²) in [4.78, 5) is 61.7. The van der Waals surface area contributed by atoms with Gasteiger partial charge in [-0.05, 0) is 62.3 Å². The van der Waals surface area contributed by atoms with E-state index in [1.165, 1.54) is 0 Å². The Kier molecular flexibility index (Phi) is 6.88. The maximum atomic E-state index is 12.9. The highest BCUT2D eigenvalue weighted by atomic mass is 16.2. The molecule has 0 radical (unpaired) electrons. The predicted molar refractivity (Wildman–Crippen MR) is 156 cm³/mol. The van der Waals surface area contributed by atoms with E-state index in [4.69, 9.17) is 5.10 Å². The van der Waals surface area contributed by atoms with Gasteiger partial charge in [-0.1, -0.05) is 0 Å². The molecule has 3 aliphatic rings. The number of carbonyl (C=O) groups is 4. The molecule has 12 nitrogen and oxygen atoms in total. The van der Waals surface area contributed by atoms with Crippen molar-refractivity contribution < 1.29 is 19.2 Å². The van der Waals surface area contributed by atoms with Crippen molar-refractivity contribution >= 4 is 40.7 Å². The lowest BCUT2D eigenvalue weighted by atomic mass is 9.80. The summed E-state index contributed by atoms with van der Waals surface area (Å²) >= 11 is 0. The number of aldehydes is 1. The average Bonchev–Trinajstić information content (AvgIpc) is 3.76.